The molecule has 0 aliphatic carbocycles. The van der Waals surface area contributed by atoms with E-state index < -0.39 is 0 Å². The summed E-state index contributed by atoms with van der Waals surface area (Å²) in [4.78, 5) is 4.20. The summed E-state index contributed by atoms with van der Waals surface area (Å²) in [5.41, 5.74) is 3.16. The van der Waals surface area contributed by atoms with Crippen LogP contribution in [0.2, 0.25) is 5.02 Å². The first-order valence-corrected chi connectivity index (χ1v) is 4.13. The molecule has 0 spiro atoms. The van der Waals surface area contributed by atoms with Crippen LogP contribution in [0.3, 0.4) is 0 Å². The van der Waals surface area contributed by atoms with Crippen molar-refractivity contribution in [1.29, 1.82) is 0 Å². The van der Waals surface area contributed by atoms with Gasteiger partial charge < -0.3 is 4.57 Å². The molecule has 0 bridgehead atoms. The zero-order valence-corrected chi connectivity index (χ0v) is 7.76. The van der Waals surface area contributed by atoms with E-state index in [1.165, 1.54) is 0 Å². The van der Waals surface area contributed by atoms with Gasteiger partial charge in [0.05, 0.1) is 17.4 Å². The van der Waals surface area contributed by atoms with Crippen LogP contribution in [0.25, 0.3) is 11.0 Å². The molecule has 0 atom stereocenters. The summed E-state index contributed by atoms with van der Waals surface area (Å²) < 4.78 is 1.98. The molecule has 2 aromatic rings. The molecule has 0 saturated carbocycles. The highest BCUT2D eigenvalue weighted by atomic mass is 35.5. The molecular weight excluding hydrogens is 172 g/mol. The molecule has 2 nitrogen and oxygen atoms in total. The molecule has 2 rings (SSSR count). The number of rotatable bonds is 0. The molecule has 3 heteroatoms. The minimum Gasteiger partial charge on any atom is -0.334 e. The lowest BCUT2D eigenvalue weighted by molar-refractivity contribution is 0.947. The van der Waals surface area contributed by atoms with E-state index in [-0.39, 0.29) is 0 Å². The van der Waals surface area contributed by atoms with Crippen LogP contribution < -0.4 is 0 Å². The fourth-order valence-corrected chi connectivity index (χ4v) is 1.41. The normalized spacial score (nSPS) is 10.9. The second kappa shape index (κ2) is 2.49. The van der Waals surface area contributed by atoms with Crippen molar-refractivity contribution in [2.24, 2.45) is 7.05 Å². The summed E-state index contributed by atoms with van der Waals surface area (Å²) in [7, 11) is 1.97. The third-order valence-electron chi connectivity index (χ3n) is 2.01. The monoisotopic (exact) mass is 180 g/mol. The second-order valence-corrected chi connectivity index (χ2v) is 3.35. The van der Waals surface area contributed by atoms with Crippen molar-refractivity contribution in [2.45, 2.75) is 6.92 Å². The van der Waals surface area contributed by atoms with Gasteiger partial charge in [-0.25, -0.2) is 4.98 Å². The number of hydrogen-bond donors (Lipinski definition) is 0. The van der Waals surface area contributed by atoms with Crippen molar-refractivity contribution >= 4 is 22.6 Å². The van der Waals surface area contributed by atoms with Crippen molar-refractivity contribution in [3.63, 3.8) is 0 Å². The number of halogens is 1. The van der Waals surface area contributed by atoms with Gasteiger partial charge in [0, 0.05) is 12.1 Å². The molecule has 0 unspecified atom stereocenters. The smallest absolute Gasteiger partial charge is 0.0955 e. The van der Waals surface area contributed by atoms with Crippen molar-refractivity contribution < 1.29 is 0 Å². The fourth-order valence-electron chi connectivity index (χ4n) is 1.25. The van der Waals surface area contributed by atoms with Crippen LogP contribution in [-0.2, 0) is 7.05 Å². The summed E-state index contributed by atoms with van der Waals surface area (Å²) in [6.07, 6.45) is 1.79. The summed E-state index contributed by atoms with van der Waals surface area (Å²) in [5.74, 6) is 0. The zero-order valence-electron chi connectivity index (χ0n) is 7.00. The van der Waals surface area contributed by atoms with Gasteiger partial charge in [0.25, 0.3) is 0 Å². The third-order valence-corrected chi connectivity index (χ3v) is 2.41. The molecule has 0 radical (unpaired) electrons. The number of fused-ring (bicyclic) bond motifs is 1. The van der Waals surface area contributed by atoms with Gasteiger partial charge in [-0.15, -0.1) is 0 Å². The predicted octanol–water partition coefficient (Wildman–Crippen LogP) is 2.54. The van der Waals surface area contributed by atoms with Crippen LogP contribution in [0.15, 0.2) is 18.5 Å². The molecule has 0 saturated heterocycles. The first kappa shape index (κ1) is 7.62. The Bertz CT molecular complexity index is 431. The van der Waals surface area contributed by atoms with Gasteiger partial charge >= 0.3 is 0 Å². The van der Waals surface area contributed by atoms with E-state index >= 15 is 0 Å². The van der Waals surface area contributed by atoms with Crippen LogP contribution >= 0.6 is 11.6 Å². The molecule has 1 heterocycles. The van der Waals surface area contributed by atoms with Crippen molar-refractivity contribution in [3.05, 3.63) is 29.0 Å². The maximum atomic E-state index is 5.95. The SMILES string of the molecule is Cc1cc2c(cc1Cl)ncn2C. The number of nitrogens with zero attached hydrogens (tertiary/aromatic N) is 2. The molecule has 0 aliphatic rings. The Labute approximate surface area is 75.8 Å². The standard InChI is InChI=1S/C9H9ClN2/c1-6-3-9-8(4-7(6)10)11-5-12(9)2/h3-5H,1-2H3. The average molecular weight is 181 g/mol. The number of aromatic nitrogens is 2. The van der Waals surface area contributed by atoms with Crippen LogP contribution in [0, 0.1) is 6.92 Å². The summed E-state index contributed by atoms with van der Waals surface area (Å²) in [5, 5.41) is 0.779. The molecule has 1 aromatic carbocycles. The topological polar surface area (TPSA) is 17.8 Å². The first-order valence-electron chi connectivity index (χ1n) is 3.75. The number of aryl methyl sites for hydroxylation is 2. The van der Waals surface area contributed by atoms with E-state index in [9.17, 15) is 0 Å². The molecule has 0 amide bonds. The summed E-state index contributed by atoms with van der Waals surface area (Å²) in [6, 6.07) is 3.94. The fraction of sp³-hybridized carbons (Fsp3) is 0.222. The van der Waals surface area contributed by atoms with Crippen molar-refractivity contribution in [3.8, 4) is 0 Å². The van der Waals surface area contributed by atoms with Crippen LogP contribution in [-0.4, -0.2) is 9.55 Å². The predicted molar refractivity (Wildman–Crippen MR) is 50.5 cm³/mol. The number of hydrogen-bond acceptors (Lipinski definition) is 1. The molecular formula is C9H9ClN2. The van der Waals surface area contributed by atoms with Crippen LogP contribution in [0.4, 0.5) is 0 Å². The van der Waals surface area contributed by atoms with E-state index in [1.54, 1.807) is 6.33 Å². The summed E-state index contributed by atoms with van der Waals surface area (Å²) in [6.45, 7) is 1.99. The maximum absolute atomic E-state index is 5.95. The van der Waals surface area contributed by atoms with Gasteiger partial charge in [-0.2, -0.15) is 0 Å². The number of imidazole rings is 1. The van der Waals surface area contributed by atoms with Gasteiger partial charge in [0.2, 0.25) is 0 Å². The van der Waals surface area contributed by atoms with E-state index in [4.69, 9.17) is 11.6 Å². The van der Waals surface area contributed by atoms with Gasteiger partial charge in [0.1, 0.15) is 0 Å². The van der Waals surface area contributed by atoms with Gasteiger partial charge in [-0.3, -0.25) is 0 Å². The molecule has 1 aromatic heterocycles. The van der Waals surface area contributed by atoms with Crippen LogP contribution in [0.1, 0.15) is 5.56 Å². The Kier molecular flexibility index (Phi) is 1.58. The molecule has 0 N–H and O–H groups in total. The zero-order chi connectivity index (χ0) is 8.72. The van der Waals surface area contributed by atoms with E-state index in [1.807, 2.05) is 30.7 Å². The quantitative estimate of drug-likeness (QED) is 0.609. The van der Waals surface area contributed by atoms with E-state index in [0.29, 0.717) is 0 Å². The van der Waals surface area contributed by atoms with Gasteiger partial charge in [-0.05, 0) is 24.6 Å². The largest absolute Gasteiger partial charge is 0.334 e. The highest BCUT2D eigenvalue weighted by Crippen LogP contribution is 2.21. The van der Waals surface area contributed by atoms with Gasteiger partial charge in [-0.1, -0.05) is 11.6 Å². The minimum atomic E-state index is 0.779. The first-order chi connectivity index (χ1) is 5.68. The Morgan fingerprint density at radius 1 is 1.42 bits per heavy atom. The molecule has 0 fully saturated rings. The third kappa shape index (κ3) is 0.994. The highest BCUT2D eigenvalue weighted by Gasteiger charge is 2.02. The molecule has 12 heavy (non-hydrogen) atoms. The Morgan fingerprint density at radius 2 is 2.17 bits per heavy atom. The van der Waals surface area contributed by atoms with E-state index in [0.717, 1.165) is 21.6 Å². The van der Waals surface area contributed by atoms with Crippen LogP contribution in [0.5, 0.6) is 0 Å². The summed E-state index contributed by atoms with van der Waals surface area (Å²) >= 11 is 5.95. The number of benzene rings is 1. The lowest BCUT2D eigenvalue weighted by Gasteiger charge is -1.98. The maximum Gasteiger partial charge on any atom is 0.0955 e. The average Bonchev–Trinajstić information content (AvgIpc) is 2.35. The molecule has 62 valence electrons. The van der Waals surface area contributed by atoms with E-state index in [2.05, 4.69) is 4.98 Å². The Hall–Kier alpha value is -1.02. The van der Waals surface area contributed by atoms with Crippen molar-refractivity contribution in [2.75, 3.05) is 0 Å². The minimum absolute atomic E-state index is 0.779. The second-order valence-electron chi connectivity index (χ2n) is 2.95. The van der Waals surface area contributed by atoms with Gasteiger partial charge in [0.15, 0.2) is 0 Å². The molecule has 0 aliphatic heterocycles. The lowest BCUT2D eigenvalue weighted by Crippen LogP contribution is -1.84. The Morgan fingerprint density at radius 3 is 2.92 bits per heavy atom. The Balaban J connectivity index is 2.87. The van der Waals surface area contributed by atoms with Crippen molar-refractivity contribution in [1.82, 2.24) is 9.55 Å². The highest BCUT2D eigenvalue weighted by molar-refractivity contribution is 6.32. The lowest BCUT2D eigenvalue weighted by atomic mass is 10.2.